The molecular formula is C28H32BrN5O3. The summed E-state index contributed by atoms with van der Waals surface area (Å²) in [5, 5.41) is 11.4. The number of phenols is 1. The van der Waals surface area contributed by atoms with Crippen molar-refractivity contribution in [3.8, 4) is 5.75 Å². The molecule has 0 aliphatic carbocycles. The maximum Gasteiger partial charge on any atom is 0.328 e. The molecule has 2 saturated heterocycles. The number of hydrogen-bond donors (Lipinski definition) is 2. The van der Waals surface area contributed by atoms with E-state index in [2.05, 4.69) is 43.8 Å². The first kappa shape index (κ1) is 24.5. The van der Waals surface area contributed by atoms with Crippen LogP contribution in [0.2, 0.25) is 0 Å². The first-order chi connectivity index (χ1) is 17.8. The lowest BCUT2D eigenvalue weighted by Gasteiger charge is -2.44. The van der Waals surface area contributed by atoms with E-state index < -0.39 is 11.6 Å². The smallest absolute Gasteiger partial charge is 0.328 e. The van der Waals surface area contributed by atoms with Crippen LogP contribution in [0.4, 0.5) is 4.79 Å². The third-order valence-electron chi connectivity index (χ3n) is 8.45. The van der Waals surface area contributed by atoms with E-state index in [1.807, 2.05) is 25.1 Å². The molecule has 8 nitrogen and oxygen atoms in total. The number of aromatic hydroxyl groups is 1. The van der Waals surface area contributed by atoms with Gasteiger partial charge in [0.25, 0.3) is 5.91 Å². The van der Waals surface area contributed by atoms with Gasteiger partial charge in [0.1, 0.15) is 17.3 Å². The van der Waals surface area contributed by atoms with Crippen LogP contribution in [0.1, 0.15) is 36.2 Å². The highest BCUT2D eigenvalue weighted by Gasteiger charge is 2.61. The SMILES string of the molecule is CCC12Cc3c([nH]c4ccc(Br)cc34)C(c3cccc(O)c3)N1C(=O)N(CCN1CCN(C)CC1)C2=O. The number of carbonyl (C=O) groups is 2. The number of imide groups is 1. The predicted molar refractivity (Wildman–Crippen MR) is 146 cm³/mol. The molecule has 9 heteroatoms. The summed E-state index contributed by atoms with van der Waals surface area (Å²) in [6, 6.07) is 12.4. The second-order valence-corrected chi connectivity index (χ2v) is 11.4. The summed E-state index contributed by atoms with van der Waals surface area (Å²) in [5.41, 5.74) is 2.75. The molecule has 2 aromatic carbocycles. The number of fused-ring (bicyclic) bond motifs is 4. The number of urea groups is 1. The average Bonchev–Trinajstić information content (AvgIpc) is 3.34. The molecular weight excluding hydrogens is 534 g/mol. The summed E-state index contributed by atoms with van der Waals surface area (Å²) in [7, 11) is 2.12. The summed E-state index contributed by atoms with van der Waals surface area (Å²) in [6.45, 7) is 6.91. The lowest BCUT2D eigenvalue weighted by Crippen LogP contribution is -2.55. The van der Waals surface area contributed by atoms with E-state index in [4.69, 9.17) is 0 Å². The molecule has 0 saturated carbocycles. The zero-order valence-electron chi connectivity index (χ0n) is 21.2. The van der Waals surface area contributed by atoms with Gasteiger partial charge in [0.15, 0.2) is 0 Å². The molecule has 3 aromatic rings. The Morgan fingerprint density at radius 1 is 1.08 bits per heavy atom. The topological polar surface area (TPSA) is 83.1 Å². The molecule has 6 rings (SSSR count). The molecule has 37 heavy (non-hydrogen) atoms. The minimum absolute atomic E-state index is 0.116. The quantitative estimate of drug-likeness (QED) is 0.458. The summed E-state index contributed by atoms with van der Waals surface area (Å²) >= 11 is 3.60. The number of phenolic OH excluding ortho intramolecular Hbond substituents is 1. The van der Waals surface area contributed by atoms with Gasteiger partial charge in [-0.05, 0) is 54.9 Å². The molecule has 2 atom stereocenters. The first-order valence-corrected chi connectivity index (χ1v) is 13.8. The summed E-state index contributed by atoms with van der Waals surface area (Å²) in [4.78, 5) is 39.7. The number of rotatable bonds is 5. The van der Waals surface area contributed by atoms with Crippen molar-refractivity contribution in [1.29, 1.82) is 0 Å². The Labute approximate surface area is 224 Å². The standard InChI is InChI=1S/C28H32BrN5O3/c1-3-28-17-22-21-16-19(29)7-8-23(21)30-24(22)25(18-5-4-6-20(35)15-18)34(28)27(37)33(26(28)36)14-13-32-11-9-31(2)10-12-32/h4-8,15-16,25,30,35H,3,9-14,17H2,1-2H3. The van der Waals surface area contributed by atoms with Crippen LogP contribution in [0.25, 0.3) is 10.9 Å². The maximum absolute atomic E-state index is 14.2. The number of piperazine rings is 1. The van der Waals surface area contributed by atoms with Crippen molar-refractivity contribution in [3.63, 3.8) is 0 Å². The highest BCUT2D eigenvalue weighted by molar-refractivity contribution is 9.10. The van der Waals surface area contributed by atoms with Gasteiger partial charge in [0.2, 0.25) is 0 Å². The van der Waals surface area contributed by atoms with Gasteiger partial charge in [-0.1, -0.05) is 35.0 Å². The fourth-order valence-electron chi connectivity index (χ4n) is 6.33. The van der Waals surface area contributed by atoms with Crippen molar-refractivity contribution >= 4 is 38.8 Å². The summed E-state index contributed by atoms with van der Waals surface area (Å²) < 4.78 is 0.964. The lowest BCUT2D eigenvalue weighted by molar-refractivity contribution is -0.134. The van der Waals surface area contributed by atoms with Crippen LogP contribution in [0.3, 0.4) is 0 Å². The molecule has 3 aliphatic rings. The Hall–Kier alpha value is -2.88. The summed E-state index contributed by atoms with van der Waals surface area (Å²) in [6.07, 6.45) is 0.970. The van der Waals surface area contributed by atoms with Crippen LogP contribution in [0.5, 0.6) is 5.75 Å². The van der Waals surface area contributed by atoms with Gasteiger partial charge in [0, 0.05) is 66.8 Å². The Morgan fingerprint density at radius 2 is 1.86 bits per heavy atom. The van der Waals surface area contributed by atoms with Crippen LogP contribution in [0.15, 0.2) is 46.9 Å². The van der Waals surface area contributed by atoms with Crippen LogP contribution >= 0.6 is 15.9 Å². The number of benzene rings is 2. The molecule has 0 spiro atoms. The third kappa shape index (κ3) is 3.86. The minimum Gasteiger partial charge on any atom is -0.508 e. The molecule has 1 aromatic heterocycles. The molecule has 0 bridgehead atoms. The molecule has 4 heterocycles. The number of H-pyrrole nitrogens is 1. The average molecular weight is 567 g/mol. The number of carbonyl (C=O) groups excluding carboxylic acids is 2. The van der Waals surface area contributed by atoms with E-state index in [0.29, 0.717) is 25.9 Å². The molecule has 2 fully saturated rings. The van der Waals surface area contributed by atoms with Crippen LogP contribution in [0, 0.1) is 0 Å². The van der Waals surface area contributed by atoms with Gasteiger partial charge in [-0.15, -0.1) is 0 Å². The van der Waals surface area contributed by atoms with E-state index in [1.54, 1.807) is 23.1 Å². The van der Waals surface area contributed by atoms with Crippen LogP contribution in [-0.4, -0.2) is 93.5 Å². The van der Waals surface area contributed by atoms with Gasteiger partial charge < -0.3 is 15.0 Å². The van der Waals surface area contributed by atoms with E-state index in [9.17, 15) is 14.7 Å². The molecule has 194 valence electrons. The Kier molecular flexibility index (Phi) is 6.05. The number of nitrogens with zero attached hydrogens (tertiary/aromatic N) is 4. The Bertz CT molecular complexity index is 1380. The summed E-state index contributed by atoms with van der Waals surface area (Å²) in [5.74, 6) is 0.0183. The molecule has 2 N–H and O–H groups in total. The number of nitrogens with one attached hydrogen (secondary N) is 1. The van der Waals surface area contributed by atoms with Gasteiger partial charge in [0.05, 0.1) is 0 Å². The van der Waals surface area contributed by atoms with E-state index in [0.717, 1.165) is 58.4 Å². The molecule has 0 radical (unpaired) electrons. The van der Waals surface area contributed by atoms with E-state index in [1.165, 1.54) is 4.90 Å². The van der Waals surface area contributed by atoms with Crippen molar-refractivity contribution in [2.24, 2.45) is 0 Å². The number of halogens is 1. The third-order valence-corrected chi connectivity index (χ3v) is 8.94. The minimum atomic E-state index is -0.972. The van der Waals surface area contributed by atoms with Crippen molar-refractivity contribution in [3.05, 3.63) is 63.8 Å². The second-order valence-electron chi connectivity index (χ2n) is 10.5. The fourth-order valence-corrected chi connectivity index (χ4v) is 6.69. The lowest BCUT2D eigenvalue weighted by atomic mass is 9.78. The van der Waals surface area contributed by atoms with Crippen molar-refractivity contribution in [2.45, 2.75) is 31.3 Å². The van der Waals surface area contributed by atoms with Crippen LogP contribution < -0.4 is 0 Å². The predicted octanol–water partition coefficient (Wildman–Crippen LogP) is 3.94. The number of aromatic nitrogens is 1. The van der Waals surface area contributed by atoms with Crippen molar-refractivity contribution in [1.82, 2.24) is 24.6 Å². The van der Waals surface area contributed by atoms with Gasteiger partial charge in [-0.25, -0.2) is 4.79 Å². The monoisotopic (exact) mass is 565 g/mol. The van der Waals surface area contributed by atoms with E-state index >= 15 is 0 Å². The van der Waals surface area contributed by atoms with Gasteiger partial charge in [-0.3, -0.25) is 19.5 Å². The fraction of sp³-hybridized carbons (Fsp3) is 0.429. The van der Waals surface area contributed by atoms with Gasteiger partial charge in [-0.2, -0.15) is 0 Å². The normalized spacial score (nSPS) is 24.7. The Balaban J connectivity index is 1.44. The van der Waals surface area contributed by atoms with Gasteiger partial charge >= 0.3 is 6.03 Å². The number of likely N-dealkylation sites (N-methyl/N-ethyl adjacent to an activating group) is 1. The molecule has 3 amide bonds. The maximum atomic E-state index is 14.2. The van der Waals surface area contributed by atoms with Crippen molar-refractivity contribution < 1.29 is 14.7 Å². The molecule has 2 unspecified atom stereocenters. The van der Waals surface area contributed by atoms with E-state index in [-0.39, 0.29) is 17.7 Å². The second kappa shape index (κ2) is 9.15. The zero-order valence-corrected chi connectivity index (χ0v) is 22.8. The highest BCUT2D eigenvalue weighted by Crippen LogP contribution is 2.50. The highest BCUT2D eigenvalue weighted by atomic mass is 79.9. The van der Waals surface area contributed by atoms with Crippen LogP contribution in [-0.2, 0) is 11.2 Å². The zero-order chi connectivity index (χ0) is 25.9. The largest absolute Gasteiger partial charge is 0.508 e. The number of amides is 3. The number of hydrogen-bond acceptors (Lipinski definition) is 5. The molecule has 3 aliphatic heterocycles. The number of aromatic amines is 1. The Morgan fingerprint density at radius 3 is 2.59 bits per heavy atom. The van der Waals surface area contributed by atoms with Crippen molar-refractivity contribution in [2.75, 3.05) is 46.3 Å². The first-order valence-electron chi connectivity index (χ1n) is 13.0.